The molecule has 0 amide bonds. The van der Waals surface area contributed by atoms with Crippen LogP contribution in [-0.4, -0.2) is 41.3 Å². The number of rotatable bonds is 4. The third kappa shape index (κ3) is 2.23. The van der Waals surface area contributed by atoms with Crippen molar-refractivity contribution in [2.45, 2.75) is 24.8 Å². The smallest absolute Gasteiger partial charge is 0.159 e. The largest absolute Gasteiger partial charge is 0.366 e. The van der Waals surface area contributed by atoms with Gasteiger partial charge in [0, 0.05) is 22.9 Å². The Labute approximate surface area is 124 Å². The van der Waals surface area contributed by atoms with Crippen molar-refractivity contribution < 1.29 is 0 Å². The van der Waals surface area contributed by atoms with Crippen LogP contribution in [0.25, 0.3) is 10.8 Å². The quantitative estimate of drug-likeness (QED) is 0.939. The van der Waals surface area contributed by atoms with Crippen LogP contribution in [0.2, 0.25) is 5.15 Å². The Hall–Kier alpha value is -1.39. The number of anilines is 1. The molecule has 1 fully saturated rings. The van der Waals surface area contributed by atoms with Crippen LogP contribution in [0.5, 0.6) is 0 Å². The number of likely N-dealkylation sites (N-methyl/N-ethyl adjacent to an activating group) is 1. The van der Waals surface area contributed by atoms with Gasteiger partial charge in [0.25, 0.3) is 0 Å². The summed E-state index contributed by atoms with van der Waals surface area (Å²) in [5.74, 6) is 0.818. The first-order chi connectivity index (χ1) is 9.62. The molecule has 0 unspecified atom stereocenters. The highest BCUT2D eigenvalue weighted by Gasteiger charge is 2.38. The van der Waals surface area contributed by atoms with Gasteiger partial charge in [-0.25, -0.2) is 0 Å². The van der Waals surface area contributed by atoms with Crippen LogP contribution < -0.4 is 5.32 Å². The molecule has 4 nitrogen and oxygen atoms in total. The average molecular weight is 291 g/mol. The fraction of sp³-hybridized carbons (Fsp3) is 0.467. The molecule has 3 rings (SSSR count). The van der Waals surface area contributed by atoms with E-state index in [1.54, 1.807) is 0 Å². The monoisotopic (exact) mass is 290 g/mol. The summed E-state index contributed by atoms with van der Waals surface area (Å²) in [7, 11) is 4.29. The third-order valence-electron chi connectivity index (χ3n) is 4.46. The molecule has 1 aliphatic carbocycles. The van der Waals surface area contributed by atoms with Gasteiger partial charge < -0.3 is 10.2 Å². The summed E-state index contributed by atoms with van der Waals surface area (Å²) >= 11 is 6.10. The topological polar surface area (TPSA) is 41.0 Å². The second kappa shape index (κ2) is 5.19. The van der Waals surface area contributed by atoms with Gasteiger partial charge in [-0.3, -0.25) is 0 Å². The number of nitrogens with zero attached hydrogens (tertiary/aromatic N) is 3. The number of hydrogen-bond acceptors (Lipinski definition) is 4. The minimum atomic E-state index is 0.252. The van der Waals surface area contributed by atoms with Crippen molar-refractivity contribution >= 4 is 28.2 Å². The molecule has 20 heavy (non-hydrogen) atoms. The van der Waals surface area contributed by atoms with E-state index in [4.69, 9.17) is 11.6 Å². The van der Waals surface area contributed by atoms with E-state index in [0.717, 1.165) is 23.1 Å². The van der Waals surface area contributed by atoms with E-state index in [0.29, 0.717) is 5.15 Å². The number of fused-ring (bicyclic) bond motifs is 1. The molecule has 0 saturated heterocycles. The molecule has 0 aliphatic heterocycles. The summed E-state index contributed by atoms with van der Waals surface area (Å²) in [4.78, 5) is 2.31. The van der Waals surface area contributed by atoms with Gasteiger partial charge in [-0.05, 0) is 33.4 Å². The molecular formula is C15H19ClN4. The molecule has 1 heterocycles. The highest BCUT2D eigenvalue weighted by molar-refractivity contribution is 6.34. The molecule has 5 heteroatoms. The predicted molar refractivity (Wildman–Crippen MR) is 83.3 cm³/mol. The van der Waals surface area contributed by atoms with Gasteiger partial charge in [-0.2, -0.15) is 0 Å². The number of benzene rings is 1. The summed E-state index contributed by atoms with van der Waals surface area (Å²) in [5.41, 5.74) is 0.252. The maximum absolute atomic E-state index is 6.10. The van der Waals surface area contributed by atoms with Crippen molar-refractivity contribution in [3.8, 4) is 0 Å². The Kier molecular flexibility index (Phi) is 3.52. The summed E-state index contributed by atoms with van der Waals surface area (Å²) in [5, 5.41) is 14.1. The van der Waals surface area contributed by atoms with E-state index in [9.17, 15) is 0 Å². The molecule has 106 valence electrons. The van der Waals surface area contributed by atoms with E-state index < -0.39 is 0 Å². The van der Waals surface area contributed by atoms with Gasteiger partial charge in [0.2, 0.25) is 0 Å². The Bertz CT molecular complexity index is 622. The zero-order valence-corrected chi connectivity index (χ0v) is 12.6. The summed E-state index contributed by atoms with van der Waals surface area (Å²) < 4.78 is 0. The Morgan fingerprint density at radius 3 is 2.50 bits per heavy atom. The van der Waals surface area contributed by atoms with Crippen LogP contribution in [-0.2, 0) is 0 Å². The van der Waals surface area contributed by atoms with Crippen LogP contribution >= 0.6 is 11.6 Å². The van der Waals surface area contributed by atoms with Crippen molar-refractivity contribution in [3.05, 3.63) is 29.4 Å². The number of aromatic nitrogens is 2. The average Bonchev–Trinajstić information content (AvgIpc) is 2.40. The first kappa shape index (κ1) is 13.6. The van der Waals surface area contributed by atoms with Gasteiger partial charge in [0.1, 0.15) is 0 Å². The molecule has 0 bridgehead atoms. The molecule has 2 aromatic rings. The molecule has 0 atom stereocenters. The molecule has 1 aromatic carbocycles. The summed E-state index contributed by atoms with van der Waals surface area (Å²) in [6.07, 6.45) is 3.75. The van der Waals surface area contributed by atoms with Gasteiger partial charge in [-0.1, -0.05) is 35.9 Å². The van der Waals surface area contributed by atoms with Gasteiger partial charge in [0.05, 0.1) is 0 Å². The summed E-state index contributed by atoms with van der Waals surface area (Å²) in [6.45, 7) is 0.889. The molecular weight excluding hydrogens is 272 g/mol. The molecule has 1 saturated carbocycles. The number of halogens is 1. The fourth-order valence-electron chi connectivity index (χ4n) is 2.82. The first-order valence-electron chi connectivity index (χ1n) is 6.95. The van der Waals surface area contributed by atoms with E-state index in [1.165, 1.54) is 19.3 Å². The van der Waals surface area contributed by atoms with E-state index >= 15 is 0 Å². The lowest BCUT2D eigenvalue weighted by atomic mass is 9.75. The van der Waals surface area contributed by atoms with Crippen LogP contribution in [0.4, 0.5) is 5.82 Å². The lowest BCUT2D eigenvalue weighted by Crippen LogP contribution is -2.54. The normalized spacial score (nSPS) is 17.2. The maximum Gasteiger partial charge on any atom is 0.159 e. The summed E-state index contributed by atoms with van der Waals surface area (Å²) in [6, 6.07) is 7.97. The van der Waals surface area contributed by atoms with E-state index in [1.807, 2.05) is 24.3 Å². The molecule has 1 aliphatic rings. The molecule has 1 N–H and O–H groups in total. The Morgan fingerprint density at radius 1 is 1.20 bits per heavy atom. The molecule has 0 radical (unpaired) electrons. The highest BCUT2D eigenvalue weighted by atomic mass is 35.5. The SMILES string of the molecule is CN(C)C1(CNc2nnc(Cl)c3ccccc23)CCC1. The van der Waals surface area contributed by atoms with Crippen molar-refractivity contribution in [1.29, 1.82) is 0 Å². The third-order valence-corrected chi connectivity index (χ3v) is 4.74. The fourth-order valence-corrected chi connectivity index (χ4v) is 3.02. The van der Waals surface area contributed by atoms with Crippen LogP contribution in [0.15, 0.2) is 24.3 Å². The van der Waals surface area contributed by atoms with Crippen molar-refractivity contribution in [3.63, 3.8) is 0 Å². The zero-order valence-electron chi connectivity index (χ0n) is 11.9. The van der Waals surface area contributed by atoms with Crippen molar-refractivity contribution in [2.24, 2.45) is 0 Å². The first-order valence-corrected chi connectivity index (χ1v) is 7.32. The van der Waals surface area contributed by atoms with Crippen molar-refractivity contribution in [2.75, 3.05) is 26.0 Å². The minimum absolute atomic E-state index is 0.252. The highest BCUT2D eigenvalue weighted by Crippen LogP contribution is 2.36. The van der Waals surface area contributed by atoms with Crippen LogP contribution in [0, 0.1) is 0 Å². The second-order valence-electron chi connectivity index (χ2n) is 5.71. The van der Waals surface area contributed by atoms with Gasteiger partial charge in [-0.15, -0.1) is 10.2 Å². The number of nitrogens with one attached hydrogen (secondary N) is 1. The van der Waals surface area contributed by atoms with Crippen LogP contribution in [0.1, 0.15) is 19.3 Å². The van der Waals surface area contributed by atoms with Gasteiger partial charge in [0.15, 0.2) is 11.0 Å². The second-order valence-corrected chi connectivity index (χ2v) is 6.07. The van der Waals surface area contributed by atoms with Crippen LogP contribution in [0.3, 0.4) is 0 Å². The zero-order chi connectivity index (χ0) is 14.2. The van der Waals surface area contributed by atoms with Crippen molar-refractivity contribution in [1.82, 2.24) is 15.1 Å². The Balaban J connectivity index is 1.87. The molecule has 1 aromatic heterocycles. The van der Waals surface area contributed by atoms with E-state index in [2.05, 4.69) is 34.5 Å². The lowest BCUT2D eigenvalue weighted by Gasteiger charge is -2.47. The maximum atomic E-state index is 6.10. The standard InChI is InChI=1S/C15H19ClN4/c1-20(2)15(8-5-9-15)10-17-14-12-7-4-3-6-11(12)13(16)18-19-14/h3-4,6-7H,5,8-10H2,1-2H3,(H,17,19). The Morgan fingerprint density at radius 2 is 1.90 bits per heavy atom. The minimum Gasteiger partial charge on any atom is -0.366 e. The lowest BCUT2D eigenvalue weighted by molar-refractivity contribution is 0.0738. The number of hydrogen-bond donors (Lipinski definition) is 1. The molecule has 0 spiro atoms. The predicted octanol–water partition coefficient (Wildman–Crippen LogP) is 3.18. The van der Waals surface area contributed by atoms with E-state index in [-0.39, 0.29) is 5.54 Å². The van der Waals surface area contributed by atoms with Gasteiger partial charge >= 0.3 is 0 Å².